The molecule has 2 unspecified atom stereocenters. The van der Waals surface area contributed by atoms with E-state index in [-0.39, 0.29) is 11.5 Å². The summed E-state index contributed by atoms with van der Waals surface area (Å²) in [6.07, 6.45) is 1.92. The molecule has 0 aliphatic heterocycles. The Bertz CT molecular complexity index is 349. The summed E-state index contributed by atoms with van der Waals surface area (Å²) in [5, 5.41) is 10.4. The molecule has 0 radical (unpaired) electrons. The minimum Gasteiger partial charge on any atom is -0.388 e. The molecule has 0 saturated carbocycles. The standard InChI is InChI=1S/C14H20O/c1-14(2,3)12-9-8-10-6-4-5-7-11(10)13(12)15/h4-7,12-13,15H,8-9H2,1-3H3. The molecule has 0 saturated heterocycles. The van der Waals surface area contributed by atoms with Crippen LogP contribution in [0.4, 0.5) is 0 Å². The minimum atomic E-state index is -0.282. The second-order valence-electron chi connectivity index (χ2n) is 5.65. The molecule has 0 amide bonds. The van der Waals surface area contributed by atoms with Crippen molar-refractivity contribution >= 4 is 0 Å². The largest absolute Gasteiger partial charge is 0.388 e. The van der Waals surface area contributed by atoms with E-state index in [4.69, 9.17) is 0 Å². The maximum Gasteiger partial charge on any atom is 0.0825 e. The van der Waals surface area contributed by atoms with Crippen LogP contribution in [0.1, 0.15) is 44.4 Å². The van der Waals surface area contributed by atoms with Gasteiger partial charge in [-0.1, -0.05) is 45.0 Å². The number of benzene rings is 1. The third kappa shape index (κ3) is 1.93. The van der Waals surface area contributed by atoms with E-state index in [9.17, 15) is 5.11 Å². The fourth-order valence-electron chi connectivity index (χ4n) is 2.64. The predicted molar refractivity (Wildman–Crippen MR) is 62.7 cm³/mol. The first kappa shape index (κ1) is 10.7. The number of aliphatic hydroxyl groups is 1. The van der Waals surface area contributed by atoms with Crippen LogP contribution >= 0.6 is 0 Å². The van der Waals surface area contributed by atoms with E-state index in [0.29, 0.717) is 5.92 Å². The molecule has 1 heteroatoms. The van der Waals surface area contributed by atoms with Gasteiger partial charge in [0.1, 0.15) is 0 Å². The Hall–Kier alpha value is -0.820. The molecule has 0 bridgehead atoms. The molecule has 1 aromatic carbocycles. The van der Waals surface area contributed by atoms with Gasteiger partial charge in [0.15, 0.2) is 0 Å². The number of hydrogen-bond donors (Lipinski definition) is 1. The van der Waals surface area contributed by atoms with E-state index in [2.05, 4.69) is 39.0 Å². The molecule has 1 N–H and O–H groups in total. The van der Waals surface area contributed by atoms with Crippen molar-refractivity contribution in [2.45, 2.75) is 39.7 Å². The molecule has 0 spiro atoms. The van der Waals surface area contributed by atoms with Gasteiger partial charge in [0.05, 0.1) is 6.10 Å². The number of rotatable bonds is 0. The Morgan fingerprint density at radius 2 is 1.87 bits per heavy atom. The molecule has 0 heterocycles. The summed E-state index contributed by atoms with van der Waals surface area (Å²) in [4.78, 5) is 0. The SMILES string of the molecule is CC(C)(C)C1CCc2ccccc2C1O. The molecule has 2 rings (SSSR count). The molecule has 2 atom stereocenters. The van der Waals surface area contributed by atoms with Gasteiger partial charge in [-0.15, -0.1) is 0 Å². The maximum atomic E-state index is 10.4. The highest BCUT2D eigenvalue weighted by Gasteiger charge is 2.35. The van der Waals surface area contributed by atoms with E-state index in [0.717, 1.165) is 18.4 Å². The van der Waals surface area contributed by atoms with E-state index in [1.807, 2.05) is 6.07 Å². The number of hydrogen-bond acceptors (Lipinski definition) is 1. The van der Waals surface area contributed by atoms with Crippen molar-refractivity contribution in [1.82, 2.24) is 0 Å². The van der Waals surface area contributed by atoms with Gasteiger partial charge in [0.25, 0.3) is 0 Å². The van der Waals surface area contributed by atoms with Gasteiger partial charge >= 0.3 is 0 Å². The second kappa shape index (κ2) is 3.64. The first-order valence-electron chi connectivity index (χ1n) is 5.76. The Morgan fingerprint density at radius 3 is 2.53 bits per heavy atom. The highest BCUT2D eigenvalue weighted by molar-refractivity contribution is 5.32. The van der Waals surface area contributed by atoms with Crippen LogP contribution in [0.3, 0.4) is 0 Å². The zero-order valence-electron chi connectivity index (χ0n) is 9.83. The lowest BCUT2D eigenvalue weighted by atomic mass is 9.69. The van der Waals surface area contributed by atoms with Gasteiger partial charge in [0.2, 0.25) is 0 Å². The third-order valence-corrected chi connectivity index (χ3v) is 3.59. The Labute approximate surface area is 92.1 Å². The monoisotopic (exact) mass is 204 g/mol. The Kier molecular flexibility index (Phi) is 2.59. The van der Waals surface area contributed by atoms with Crippen LogP contribution in [0, 0.1) is 11.3 Å². The molecule has 1 aliphatic rings. The van der Waals surface area contributed by atoms with E-state index >= 15 is 0 Å². The molecule has 0 fully saturated rings. The van der Waals surface area contributed by atoms with E-state index in [1.165, 1.54) is 5.56 Å². The fourth-order valence-corrected chi connectivity index (χ4v) is 2.64. The molecular weight excluding hydrogens is 184 g/mol. The zero-order valence-corrected chi connectivity index (χ0v) is 9.83. The quantitative estimate of drug-likeness (QED) is 0.687. The van der Waals surface area contributed by atoms with Crippen molar-refractivity contribution in [3.63, 3.8) is 0 Å². The molecule has 15 heavy (non-hydrogen) atoms. The van der Waals surface area contributed by atoms with Gasteiger partial charge in [-0.3, -0.25) is 0 Å². The number of fused-ring (bicyclic) bond motifs is 1. The fraction of sp³-hybridized carbons (Fsp3) is 0.571. The summed E-state index contributed by atoms with van der Waals surface area (Å²) in [7, 11) is 0. The summed E-state index contributed by atoms with van der Waals surface area (Å²) in [5.74, 6) is 0.382. The van der Waals surface area contributed by atoms with Crippen LogP contribution < -0.4 is 0 Å². The van der Waals surface area contributed by atoms with E-state index in [1.54, 1.807) is 0 Å². The molecule has 1 aliphatic carbocycles. The second-order valence-corrected chi connectivity index (χ2v) is 5.65. The Morgan fingerprint density at radius 1 is 1.20 bits per heavy atom. The van der Waals surface area contributed by atoms with Crippen LogP contribution in [0.25, 0.3) is 0 Å². The van der Waals surface area contributed by atoms with Gasteiger partial charge in [0, 0.05) is 0 Å². The Balaban J connectivity index is 2.34. The average molecular weight is 204 g/mol. The topological polar surface area (TPSA) is 20.2 Å². The highest BCUT2D eigenvalue weighted by Crippen LogP contribution is 2.43. The lowest BCUT2D eigenvalue weighted by Crippen LogP contribution is -2.31. The zero-order chi connectivity index (χ0) is 11.1. The molecule has 1 aromatic rings. The number of aliphatic hydroxyl groups excluding tert-OH is 1. The lowest BCUT2D eigenvalue weighted by Gasteiger charge is -2.38. The van der Waals surface area contributed by atoms with Crippen molar-refractivity contribution in [2.24, 2.45) is 11.3 Å². The van der Waals surface area contributed by atoms with Gasteiger partial charge in [-0.25, -0.2) is 0 Å². The minimum absolute atomic E-state index is 0.187. The predicted octanol–water partition coefficient (Wildman–Crippen LogP) is 3.33. The van der Waals surface area contributed by atoms with Gasteiger partial charge < -0.3 is 5.11 Å². The average Bonchev–Trinajstić information content (AvgIpc) is 2.16. The van der Waals surface area contributed by atoms with Gasteiger partial charge in [-0.05, 0) is 35.3 Å². The third-order valence-electron chi connectivity index (χ3n) is 3.59. The van der Waals surface area contributed by atoms with Crippen molar-refractivity contribution in [1.29, 1.82) is 0 Å². The van der Waals surface area contributed by atoms with Crippen molar-refractivity contribution in [3.8, 4) is 0 Å². The normalized spacial score (nSPS) is 26.1. The first-order chi connectivity index (χ1) is 7.00. The van der Waals surface area contributed by atoms with Gasteiger partial charge in [-0.2, -0.15) is 0 Å². The van der Waals surface area contributed by atoms with E-state index < -0.39 is 0 Å². The maximum absolute atomic E-state index is 10.4. The smallest absolute Gasteiger partial charge is 0.0825 e. The molecule has 0 aromatic heterocycles. The summed E-state index contributed by atoms with van der Waals surface area (Å²) in [6.45, 7) is 6.65. The highest BCUT2D eigenvalue weighted by atomic mass is 16.3. The van der Waals surface area contributed by atoms with Crippen molar-refractivity contribution in [3.05, 3.63) is 35.4 Å². The lowest BCUT2D eigenvalue weighted by molar-refractivity contribution is 0.0282. The van der Waals surface area contributed by atoms with Crippen LogP contribution in [0.5, 0.6) is 0 Å². The summed E-state index contributed by atoms with van der Waals surface area (Å²) in [6, 6.07) is 8.28. The van der Waals surface area contributed by atoms with Crippen LogP contribution in [0.2, 0.25) is 0 Å². The van der Waals surface area contributed by atoms with Crippen LogP contribution in [-0.4, -0.2) is 5.11 Å². The molecule has 1 nitrogen and oxygen atoms in total. The number of aryl methyl sites for hydroxylation is 1. The summed E-state index contributed by atoms with van der Waals surface area (Å²) in [5.41, 5.74) is 2.65. The van der Waals surface area contributed by atoms with Crippen molar-refractivity contribution < 1.29 is 5.11 Å². The molecule has 82 valence electrons. The van der Waals surface area contributed by atoms with Crippen molar-refractivity contribution in [2.75, 3.05) is 0 Å². The summed E-state index contributed by atoms with van der Waals surface area (Å²) >= 11 is 0. The first-order valence-corrected chi connectivity index (χ1v) is 5.76. The van der Waals surface area contributed by atoms with Crippen LogP contribution in [0.15, 0.2) is 24.3 Å². The summed E-state index contributed by atoms with van der Waals surface area (Å²) < 4.78 is 0. The van der Waals surface area contributed by atoms with Crippen LogP contribution in [-0.2, 0) is 6.42 Å². The molecular formula is C14H20O.